The molecule has 0 unspecified atom stereocenters. The number of ketones is 2. The van der Waals surface area contributed by atoms with Gasteiger partial charge in [-0.25, -0.2) is 8.78 Å². The Hall–Kier alpha value is -5.91. The molecule has 2 aliphatic carbocycles. The van der Waals surface area contributed by atoms with Crippen LogP contribution < -0.4 is 15.6 Å². The van der Waals surface area contributed by atoms with Gasteiger partial charge in [-0.2, -0.15) is 0 Å². The molecule has 0 bridgehead atoms. The van der Waals surface area contributed by atoms with Crippen LogP contribution in [0.3, 0.4) is 0 Å². The van der Waals surface area contributed by atoms with Gasteiger partial charge in [0.2, 0.25) is 10.9 Å². The number of nitrogens with zero attached hydrogens (tertiary/aromatic N) is 4. The highest BCUT2D eigenvalue weighted by atomic mass is 35.5. The van der Waals surface area contributed by atoms with Crippen LogP contribution in [-0.2, 0) is 42.0 Å². The van der Waals surface area contributed by atoms with Crippen molar-refractivity contribution in [3.8, 4) is 11.5 Å². The van der Waals surface area contributed by atoms with Gasteiger partial charge in [0.15, 0.2) is 34.5 Å². The number of carbonyl (C=O) groups excluding carboxylic acids is 4. The second kappa shape index (κ2) is 23.1. The van der Waals surface area contributed by atoms with E-state index in [9.17, 15) is 42.7 Å². The molecule has 2 aromatic heterocycles. The maximum absolute atomic E-state index is 14.4. The van der Waals surface area contributed by atoms with Gasteiger partial charge in [0, 0.05) is 65.6 Å². The summed E-state index contributed by atoms with van der Waals surface area (Å²) < 4.78 is 48.6. The molecule has 0 radical (unpaired) electrons. The Labute approximate surface area is 438 Å². The molecule has 14 nitrogen and oxygen atoms in total. The van der Waals surface area contributed by atoms with Crippen LogP contribution in [0.1, 0.15) is 118 Å². The molecule has 4 aliphatic rings. The van der Waals surface area contributed by atoms with Gasteiger partial charge in [-0.05, 0) is 81.2 Å². The Morgan fingerprint density at radius 3 is 1.56 bits per heavy atom. The second-order valence-electron chi connectivity index (χ2n) is 18.5. The van der Waals surface area contributed by atoms with Gasteiger partial charge in [-0.3, -0.25) is 28.8 Å². The molecule has 4 heterocycles. The number of amides is 2. The van der Waals surface area contributed by atoms with Crippen molar-refractivity contribution < 1.29 is 47.3 Å². The predicted molar refractivity (Wildman–Crippen MR) is 275 cm³/mol. The van der Waals surface area contributed by atoms with E-state index in [4.69, 9.17) is 37.4 Å². The number of halogens is 5. The molecule has 0 atom stereocenters. The first-order valence-corrected chi connectivity index (χ1v) is 24.3. The van der Waals surface area contributed by atoms with Gasteiger partial charge in [-0.1, -0.05) is 85.2 Å². The lowest BCUT2D eigenvalue weighted by Gasteiger charge is -2.56. The summed E-state index contributed by atoms with van der Waals surface area (Å²) in [5.74, 6) is -3.79. The summed E-state index contributed by atoms with van der Waals surface area (Å²) in [5.41, 5.74) is -1.37. The van der Waals surface area contributed by atoms with Crippen LogP contribution in [0.25, 0.3) is 0 Å². The van der Waals surface area contributed by atoms with Crippen LogP contribution in [0.5, 0.6) is 11.5 Å². The molecule has 0 saturated heterocycles. The zero-order valence-corrected chi connectivity index (χ0v) is 42.5. The van der Waals surface area contributed by atoms with E-state index in [-0.39, 0.29) is 114 Å². The highest BCUT2D eigenvalue weighted by molar-refractivity contribution is 6.31. The molecule has 73 heavy (non-hydrogen) atoms. The third kappa shape index (κ3) is 10.7. The van der Waals surface area contributed by atoms with E-state index in [1.807, 2.05) is 44.2 Å². The highest BCUT2D eigenvalue weighted by Crippen LogP contribution is 2.46. The van der Waals surface area contributed by atoms with Gasteiger partial charge in [0.1, 0.15) is 18.2 Å². The number of methoxy groups -OCH3 is 2. The number of likely N-dealkylation sites (N-methyl/N-ethyl adjacent to an activating group) is 2. The standard InChI is InChI=1S/C30H30ClFN2O5.C23H24ClFN2O5.CH4.ClH/c1-3-34-29(37)26-28(39-17-19-8-5-4-6-9-19)27(36)22(16-33(26)18-30(34)14-21(15-30)38-2)24(35)13-12-20-10-7-11-23(31)25(20)32;1-3-27-22(31)19-21(30)20(29)15(11-26(19)12-23(27)9-14(10-23)32-2)17(28)8-7-13-5-4-6-16(24)18(13)25;;/h4-11,16,21H,3,12-15,17-18H2,1-2H3;4-6,11,14,30H,3,7-10,12H2,1-2H3;1H4;1H. The minimum atomic E-state index is -0.892. The third-order valence-corrected chi connectivity index (χ3v) is 14.9. The van der Waals surface area contributed by atoms with Crippen molar-refractivity contribution in [3.63, 3.8) is 0 Å². The predicted octanol–water partition coefficient (Wildman–Crippen LogP) is 9.30. The van der Waals surface area contributed by atoms with E-state index in [0.29, 0.717) is 57.4 Å². The van der Waals surface area contributed by atoms with Gasteiger partial charge in [0.05, 0.1) is 44.5 Å². The van der Waals surface area contributed by atoms with Gasteiger partial charge in [-0.15, -0.1) is 12.4 Å². The number of fused-ring (bicyclic) bond motifs is 2. The number of hydrogen-bond acceptors (Lipinski definition) is 10. The fraction of sp³-hybridized carbons (Fsp3) is 0.407. The van der Waals surface area contributed by atoms with E-state index in [0.717, 1.165) is 5.56 Å². The van der Waals surface area contributed by atoms with Crippen molar-refractivity contribution in [1.29, 1.82) is 0 Å². The van der Waals surface area contributed by atoms with Crippen molar-refractivity contribution in [2.75, 3.05) is 27.3 Å². The first-order chi connectivity index (χ1) is 34.0. The monoisotopic (exact) mass is 1070 g/mol. The largest absolute Gasteiger partial charge is 0.503 e. The number of hydrogen-bond donors (Lipinski definition) is 1. The van der Waals surface area contributed by atoms with E-state index >= 15 is 0 Å². The molecule has 2 amide bonds. The van der Waals surface area contributed by atoms with Gasteiger partial charge >= 0.3 is 0 Å². The van der Waals surface area contributed by atoms with Gasteiger partial charge in [0.25, 0.3) is 11.8 Å². The maximum atomic E-state index is 14.4. The summed E-state index contributed by atoms with van der Waals surface area (Å²) in [6.07, 6.45) is 5.35. The number of benzene rings is 3. The number of aromatic hydroxyl groups is 1. The van der Waals surface area contributed by atoms with E-state index in [1.165, 1.54) is 35.2 Å². The number of carbonyl (C=O) groups is 4. The number of Topliss-reactive ketones (excluding diaryl/α,β-unsaturated/α-hetero) is 2. The molecule has 1 N–H and O–H groups in total. The minimum absolute atomic E-state index is 0. The Morgan fingerprint density at radius 1 is 0.671 bits per heavy atom. The molecular formula is C54H59Cl3F2N4O10. The molecule has 19 heteroatoms. The Balaban J connectivity index is 0.000000236. The van der Waals surface area contributed by atoms with Crippen LogP contribution in [0.2, 0.25) is 10.0 Å². The van der Waals surface area contributed by atoms with Crippen LogP contribution in [0.4, 0.5) is 8.78 Å². The fourth-order valence-electron chi connectivity index (χ4n) is 10.5. The van der Waals surface area contributed by atoms with Crippen molar-refractivity contribution in [2.24, 2.45) is 0 Å². The summed E-state index contributed by atoms with van der Waals surface area (Å²) >= 11 is 11.7. The van der Waals surface area contributed by atoms with E-state index in [2.05, 4.69) is 0 Å². The molecule has 3 aromatic carbocycles. The second-order valence-corrected chi connectivity index (χ2v) is 19.3. The molecule has 2 spiro atoms. The molecule has 390 valence electrons. The molecule has 2 fully saturated rings. The maximum Gasteiger partial charge on any atom is 0.275 e. The normalized spacial score (nSPS) is 20.4. The van der Waals surface area contributed by atoms with Crippen LogP contribution in [0.15, 0.2) is 88.7 Å². The molecule has 5 aromatic rings. The average molecular weight is 1070 g/mol. The summed E-state index contributed by atoms with van der Waals surface area (Å²) in [7, 11) is 3.27. The lowest BCUT2D eigenvalue weighted by molar-refractivity contribution is -0.0915. The fourth-order valence-corrected chi connectivity index (χ4v) is 10.9. The third-order valence-electron chi connectivity index (χ3n) is 14.3. The number of pyridine rings is 2. The number of rotatable bonds is 15. The SMILES string of the molecule is C.CCN1C(=O)c2c(O)c(=O)c(C(=O)CCc3cccc(Cl)c3F)cn2CC12CC(OC)C2.CCN1C(=O)c2c(OCc3ccccc3)c(=O)c(C(=O)CCc3cccc(Cl)c3F)cn2CC12CC(OC)C2.Cl. The lowest BCUT2D eigenvalue weighted by atomic mass is 9.71. The smallest absolute Gasteiger partial charge is 0.275 e. The molecule has 9 rings (SSSR count). The zero-order chi connectivity index (χ0) is 50.9. The van der Waals surface area contributed by atoms with Crippen molar-refractivity contribution in [1.82, 2.24) is 18.9 Å². The zero-order valence-electron chi connectivity index (χ0n) is 40.2. The Kier molecular flexibility index (Phi) is 17.8. The summed E-state index contributed by atoms with van der Waals surface area (Å²) in [5, 5.41) is 10.5. The first kappa shape index (κ1) is 56.4. The van der Waals surface area contributed by atoms with Gasteiger partial charge < -0.3 is 38.3 Å². The van der Waals surface area contributed by atoms with Crippen LogP contribution in [0, 0.1) is 11.6 Å². The van der Waals surface area contributed by atoms with Crippen molar-refractivity contribution in [3.05, 3.63) is 160 Å². The van der Waals surface area contributed by atoms with Crippen molar-refractivity contribution >= 4 is 59.0 Å². The van der Waals surface area contributed by atoms with E-state index < -0.39 is 56.8 Å². The van der Waals surface area contributed by atoms with Crippen molar-refractivity contribution in [2.45, 2.75) is 116 Å². The molecule has 2 saturated carbocycles. The quantitative estimate of drug-likeness (QED) is 0.0999. The Morgan fingerprint density at radius 2 is 1.11 bits per heavy atom. The highest BCUT2D eigenvalue weighted by Gasteiger charge is 2.55. The summed E-state index contributed by atoms with van der Waals surface area (Å²) in [6.45, 7) is 5.46. The minimum Gasteiger partial charge on any atom is -0.503 e. The molecular weight excluding hydrogens is 1010 g/mol. The lowest BCUT2D eigenvalue weighted by Crippen LogP contribution is -2.66. The number of ether oxygens (including phenoxy) is 3. The summed E-state index contributed by atoms with van der Waals surface area (Å²) in [4.78, 5) is 82.9. The average Bonchev–Trinajstić information content (AvgIpc) is 3.34. The number of aromatic nitrogens is 2. The first-order valence-electron chi connectivity index (χ1n) is 23.5. The summed E-state index contributed by atoms with van der Waals surface area (Å²) in [6, 6.07) is 18.4. The number of aryl methyl sites for hydroxylation is 2. The molecule has 2 aliphatic heterocycles. The van der Waals surface area contributed by atoms with Crippen LogP contribution in [-0.4, -0.2) is 98.0 Å². The topological polar surface area (TPSA) is 167 Å². The Bertz CT molecular complexity index is 3030. The van der Waals surface area contributed by atoms with Crippen LogP contribution >= 0.6 is 35.6 Å². The van der Waals surface area contributed by atoms with E-state index in [1.54, 1.807) is 46.8 Å².